The number of rotatable bonds is 4. The van der Waals surface area contributed by atoms with Gasteiger partial charge in [0.05, 0.1) is 6.54 Å². The first-order chi connectivity index (χ1) is 11.0. The van der Waals surface area contributed by atoms with Gasteiger partial charge >= 0.3 is 0 Å². The third-order valence-electron chi connectivity index (χ3n) is 3.48. The fraction of sp³-hybridized carbons (Fsp3) is 0.250. The SMILES string of the molecule is Cc1nnc(CN(C)C(=O)c2cccc(-c3nccn3C)c2)o1. The van der Waals surface area contributed by atoms with E-state index in [9.17, 15) is 4.79 Å². The van der Waals surface area contributed by atoms with E-state index in [4.69, 9.17) is 4.42 Å². The van der Waals surface area contributed by atoms with Gasteiger partial charge in [-0.3, -0.25) is 4.79 Å². The van der Waals surface area contributed by atoms with E-state index in [0.717, 1.165) is 11.4 Å². The second-order valence-electron chi connectivity index (χ2n) is 5.32. The highest BCUT2D eigenvalue weighted by atomic mass is 16.4. The molecule has 2 aromatic heterocycles. The molecule has 0 bridgehead atoms. The smallest absolute Gasteiger partial charge is 0.254 e. The van der Waals surface area contributed by atoms with E-state index >= 15 is 0 Å². The van der Waals surface area contributed by atoms with E-state index in [2.05, 4.69) is 15.2 Å². The lowest BCUT2D eigenvalue weighted by Gasteiger charge is -2.15. The van der Waals surface area contributed by atoms with Gasteiger partial charge in [0.2, 0.25) is 11.8 Å². The number of amides is 1. The van der Waals surface area contributed by atoms with Crippen LogP contribution in [0.15, 0.2) is 41.1 Å². The molecule has 3 rings (SSSR count). The number of imidazole rings is 1. The lowest BCUT2D eigenvalue weighted by atomic mass is 10.1. The second kappa shape index (κ2) is 6.04. The minimum atomic E-state index is -0.114. The van der Waals surface area contributed by atoms with Crippen LogP contribution in [0, 0.1) is 6.92 Å². The molecule has 1 aromatic carbocycles. The fourth-order valence-corrected chi connectivity index (χ4v) is 2.33. The van der Waals surface area contributed by atoms with Crippen molar-refractivity contribution in [2.75, 3.05) is 7.05 Å². The Kier molecular flexibility index (Phi) is 3.92. The molecule has 0 saturated carbocycles. The molecular weight excluding hydrogens is 294 g/mol. The molecule has 0 aliphatic rings. The number of nitrogens with zero attached hydrogens (tertiary/aromatic N) is 5. The standard InChI is InChI=1S/C16H17N5O2/c1-11-18-19-14(23-11)10-21(3)16(22)13-6-4-5-12(9-13)15-17-7-8-20(15)2/h4-9H,10H2,1-3H3. The molecule has 0 fully saturated rings. The van der Waals surface area contributed by atoms with Gasteiger partial charge in [0.25, 0.3) is 5.91 Å². The van der Waals surface area contributed by atoms with Gasteiger partial charge in [0, 0.05) is 44.5 Å². The average molecular weight is 311 g/mol. The zero-order chi connectivity index (χ0) is 16.4. The quantitative estimate of drug-likeness (QED) is 0.737. The highest BCUT2D eigenvalue weighted by Gasteiger charge is 2.16. The Morgan fingerprint density at radius 2 is 2.17 bits per heavy atom. The van der Waals surface area contributed by atoms with Crippen molar-refractivity contribution in [3.8, 4) is 11.4 Å². The minimum Gasteiger partial charge on any atom is -0.424 e. The Labute approximate surface area is 133 Å². The van der Waals surface area contributed by atoms with Crippen molar-refractivity contribution >= 4 is 5.91 Å². The van der Waals surface area contributed by atoms with Crippen molar-refractivity contribution in [3.05, 3.63) is 54.0 Å². The third kappa shape index (κ3) is 3.13. The maximum atomic E-state index is 12.6. The predicted octanol–water partition coefficient (Wildman–Crippen LogP) is 2.05. The molecule has 0 spiro atoms. The fourth-order valence-electron chi connectivity index (χ4n) is 2.33. The first-order valence-electron chi connectivity index (χ1n) is 7.17. The van der Waals surface area contributed by atoms with Crippen molar-refractivity contribution in [1.82, 2.24) is 24.6 Å². The van der Waals surface area contributed by atoms with Crippen molar-refractivity contribution in [2.45, 2.75) is 13.5 Å². The van der Waals surface area contributed by atoms with Crippen molar-refractivity contribution in [3.63, 3.8) is 0 Å². The summed E-state index contributed by atoms with van der Waals surface area (Å²) in [6.07, 6.45) is 3.60. The topological polar surface area (TPSA) is 77.1 Å². The van der Waals surface area contributed by atoms with Gasteiger partial charge in [-0.1, -0.05) is 12.1 Å². The molecule has 118 valence electrons. The van der Waals surface area contributed by atoms with Crippen LogP contribution in [0.5, 0.6) is 0 Å². The summed E-state index contributed by atoms with van der Waals surface area (Å²) in [5.74, 6) is 1.60. The number of aryl methyl sites for hydroxylation is 2. The van der Waals surface area contributed by atoms with E-state index in [1.165, 1.54) is 0 Å². The molecule has 3 aromatic rings. The monoisotopic (exact) mass is 311 g/mol. The highest BCUT2D eigenvalue weighted by Crippen LogP contribution is 2.19. The summed E-state index contributed by atoms with van der Waals surface area (Å²) in [7, 11) is 3.62. The molecule has 0 atom stereocenters. The zero-order valence-electron chi connectivity index (χ0n) is 13.2. The molecule has 0 aliphatic carbocycles. The van der Waals surface area contributed by atoms with Crippen LogP contribution < -0.4 is 0 Å². The van der Waals surface area contributed by atoms with E-state index in [1.54, 1.807) is 31.1 Å². The number of benzene rings is 1. The van der Waals surface area contributed by atoms with Crippen LogP contribution >= 0.6 is 0 Å². The number of carbonyl (C=O) groups excluding carboxylic acids is 1. The Morgan fingerprint density at radius 1 is 1.35 bits per heavy atom. The van der Waals surface area contributed by atoms with Crippen LogP contribution in [0.4, 0.5) is 0 Å². The van der Waals surface area contributed by atoms with E-state index < -0.39 is 0 Å². The molecule has 0 radical (unpaired) electrons. The molecule has 0 aliphatic heterocycles. The predicted molar refractivity (Wildman–Crippen MR) is 83.5 cm³/mol. The number of aromatic nitrogens is 4. The first kappa shape index (κ1) is 15.0. The van der Waals surface area contributed by atoms with Crippen LogP contribution in [0.2, 0.25) is 0 Å². The Morgan fingerprint density at radius 3 is 2.83 bits per heavy atom. The second-order valence-corrected chi connectivity index (χ2v) is 5.32. The normalized spacial score (nSPS) is 10.7. The number of hydrogen-bond donors (Lipinski definition) is 0. The molecule has 7 heteroatoms. The summed E-state index contributed by atoms with van der Waals surface area (Å²) < 4.78 is 7.22. The highest BCUT2D eigenvalue weighted by molar-refractivity contribution is 5.95. The van der Waals surface area contributed by atoms with Gasteiger partial charge in [0.15, 0.2) is 0 Å². The lowest BCUT2D eigenvalue weighted by Crippen LogP contribution is -2.26. The Balaban J connectivity index is 1.81. The zero-order valence-corrected chi connectivity index (χ0v) is 13.2. The Hall–Kier alpha value is -2.96. The van der Waals surface area contributed by atoms with Crippen LogP contribution in [0.3, 0.4) is 0 Å². The summed E-state index contributed by atoms with van der Waals surface area (Å²) in [5.41, 5.74) is 1.48. The van der Waals surface area contributed by atoms with Crippen LogP contribution in [0.25, 0.3) is 11.4 Å². The summed E-state index contributed by atoms with van der Waals surface area (Å²) in [6.45, 7) is 1.99. The summed E-state index contributed by atoms with van der Waals surface area (Å²) >= 11 is 0. The third-order valence-corrected chi connectivity index (χ3v) is 3.48. The molecular formula is C16H17N5O2. The maximum Gasteiger partial charge on any atom is 0.254 e. The molecule has 7 nitrogen and oxygen atoms in total. The van der Waals surface area contributed by atoms with Crippen LogP contribution in [-0.2, 0) is 13.6 Å². The molecule has 23 heavy (non-hydrogen) atoms. The van der Waals surface area contributed by atoms with Gasteiger partial charge < -0.3 is 13.9 Å². The van der Waals surface area contributed by atoms with Gasteiger partial charge in [0.1, 0.15) is 5.82 Å². The van der Waals surface area contributed by atoms with Crippen molar-refractivity contribution in [2.24, 2.45) is 7.05 Å². The summed E-state index contributed by atoms with van der Waals surface area (Å²) in [6, 6.07) is 7.40. The van der Waals surface area contributed by atoms with Gasteiger partial charge in [-0.05, 0) is 12.1 Å². The van der Waals surface area contributed by atoms with Gasteiger partial charge in [-0.15, -0.1) is 10.2 Å². The summed E-state index contributed by atoms with van der Waals surface area (Å²) in [4.78, 5) is 18.4. The molecule has 0 N–H and O–H groups in total. The van der Waals surface area contributed by atoms with Crippen LogP contribution in [-0.4, -0.2) is 37.6 Å². The molecule has 0 saturated heterocycles. The molecule has 0 unspecified atom stereocenters. The Bertz CT molecular complexity index is 836. The minimum absolute atomic E-state index is 0.114. The molecule has 2 heterocycles. The lowest BCUT2D eigenvalue weighted by molar-refractivity contribution is 0.0772. The van der Waals surface area contributed by atoms with Crippen molar-refractivity contribution in [1.29, 1.82) is 0 Å². The molecule has 1 amide bonds. The largest absolute Gasteiger partial charge is 0.424 e. The number of carbonyl (C=O) groups is 1. The first-order valence-corrected chi connectivity index (χ1v) is 7.17. The number of hydrogen-bond acceptors (Lipinski definition) is 5. The van der Waals surface area contributed by atoms with Crippen molar-refractivity contribution < 1.29 is 9.21 Å². The van der Waals surface area contributed by atoms with Gasteiger partial charge in [-0.2, -0.15) is 0 Å². The van der Waals surface area contributed by atoms with Crippen LogP contribution in [0.1, 0.15) is 22.1 Å². The summed E-state index contributed by atoms with van der Waals surface area (Å²) in [5, 5.41) is 7.67. The van der Waals surface area contributed by atoms with E-state index in [0.29, 0.717) is 17.3 Å². The average Bonchev–Trinajstić information content (AvgIpc) is 3.15. The van der Waals surface area contributed by atoms with Gasteiger partial charge in [-0.25, -0.2) is 4.98 Å². The van der Waals surface area contributed by atoms with E-state index in [1.807, 2.05) is 36.0 Å². The van der Waals surface area contributed by atoms with E-state index in [-0.39, 0.29) is 12.5 Å². The maximum absolute atomic E-state index is 12.6.